The van der Waals surface area contributed by atoms with Crippen LogP contribution in [0.15, 0.2) is 12.1 Å². The van der Waals surface area contributed by atoms with Crippen molar-refractivity contribution in [3.63, 3.8) is 0 Å². The largest absolute Gasteiger partial charge is 0.493 e. The lowest BCUT2D eigenvalue weighted by Crippen LogP contribution is -2.28. The molecule has 1 aromatic rings. The molecule has 0 fully saturated rings. The highest BCUT2D eigenvalue weighted by Gasteiger charge is 2.25. The molecule has 0 aromatic heterocycles. The van der Waals surface area contributed by atoms with E-state index in [1.807, 2.05) is 6.92 Å². The van der Waals surface area contributed by atoms with Gasteiger partial charge >= 0.3 is 0 Å². The van der Waals surface area contributed by atoms with Crippen LogP contribution < -0.4 is 10.1 Å². The fourth-order valence-corrected chi connectivity index (χ4v) is 1.90. The molecule has 1 atom stereocenters. The van der Waals surface area contributed by atoms with Gasteiger partial charge in [-0.3, -0.25) is 0 Å². The van der Waals surface area contributed by atoms with E-state index in [1.54, 1.807) is 0 Å². The van der Waals surface area contributed by atoms with Crippen LogP contribution in [0.4, 0.5) is 8.78 Å². The summed E-state index contributed by atoms with van der Waals surface area (Å²) >= 11 is 0. The van der Waals surface area contributed by atoms with E-state index in [0.717, 1.165) is 12.6 Å². The zero-order chi connectivity index (χ0) is 10.8. The van der Waals surface area contributed by atoms with Gasteiger partial charge in [0.1, 0.15) is 17.4 Å². The van der Waals surface area contributed by atoms with Gasteiger partial charge in [0, 0.05) is 30.2 Å². The Bertz CT molecular complexity index is 368. The van der Waals surface area contributed by atoms with Gasteiger partial charge in [-0.1, -0.05) is 6.92 Å². The summed E-state index contributed by atoms with van der Waals surface area (Å²) < 4.78 is 31.7. The van der Waals surface area contributed by atoms with Crippen LogP contribution in [0, 0.1) is 11.6 Å². The van der Waals surface area contributed by atoms with E-state index in [4.69, 9.17) is 4.74 Å². The first-order valence-electron chi connectivity index (χ1n) is 5.07. The number of halogens is 2. The van der Waals surface area contributed by atoms with Gasteiger partial charge in [-0.15, -0.1) is 0 Å². The summed E-state index contributed by atoms with van der Waals surface area (Å²) in [6.45, 7) is 3.20. The first-order chi connectivity index (χ1) is 7.22. The van der Waals surface area contributed by atoms with Crippen LogP contribution in [-0.4, -0.2) is 13.2 Å². The molecule has 0 saturated carbocycles. The number of benzene rings is 1. The molecule has 15 heavy (non-hydrogen) atoms. The molecule has 0 saturated heterocycles. The Morgan fingerprint density at radius 2 is 2.27 bits per heavy atom. The number of fused-ring (bicyclic) bond motifs is 1. The van der Waals surface area contributed by atoms with Gasteiger partial charge in [0.25, 0.3) is 0 Å². The molecule has 1 aliphatic heterocycles. The van der Waals surface area contributed by atoms with Gasteiger partial charge in [0.15, 0.2) is 0 Å². The highest BCUT2D eigenvalue weighted by molar-refractivity contribution is 5.39. The Balaban J connectivity index is 2.41. The average molecular weight is 213 g/mol. The summed E-state index contributed by atoms with van der Waals surface area (Å²) in [6.07, 6.45) is 0.712. The Labute approximate surface area is 87.2 Å². The van der Waals surface area contributed by atoms with Gasteiger partial charge in [0.05, 0.1) is 6.61 Å². The Morgan fingerprint density at radius 1 is 1.47 bits per heavy atom. The van der Waals surface area contributed by atoms with Crippen molar-refractivity contribution >= 4 is 0 Å². The van der Waals surface area contributed by atoms with Crippen molar-refractivity contribution in [2.75, 3.05) is 13.2 Å². The number of hydrogen-bond donors (Lipinski definition) is 1. The van der Waals surface area contributed by atoms with Crippen molar-refractivity contribution in [1.82, 2.24) is 5.32 Å². The highest BCUT2D eigenvalue weighted by atomic mass is 19.1. The third-order valence-electron chi connectivity index (χ3n) is 2.52. The fraction of sp³-hybridized carbons (Fsp3) is 0.455. The zero-order valence-electron chi connectivity index (χ0n) is 8.52. The van der Waals surface area contributed by atoms with E-state index in [1.165, 1.54) is 6.07 Å². The number of hydrogen-bond acceptors (Lipinski definition) is 2. The van der Waals surface area contributed by atoms with Gasteiger partial charge in [-0.25, -0.2) is 8.78 Å². The minimum absolute atomic E-state index is 0.0700. The maximum Gasteiger partial charge on any atom is 0.134 e. The molecule has 2 rings (SSSR count). The molecule has 2 nitrogen and oxygen atoms in total. The predicted octanol–water partition coefficient (Wildman–Crippen LogP) is 2.40. The average Bonchev–Trinajstić information content (AvgIpc) is 2.17. The standard InChI is InChI=1S/C11H13F2NO/c1-2-14-9-3-4-15-10-6-7(12)5-8(13)11(9)10/h5-6,9,14H,2-4H2,1H3. The van der Waals surface area contributed by atoms with E-state index in [-0.39, 0.29) is 6.04 Å². The number of ether oxygens (including phenoxy) is 1. The molecule has 1 heterocycles. The second kappa shape index (κ2) is 4.14. The summed E-state index contributed by atoms with van der Waals surface area (Å²) in [7, 11) is 0. The topological polar surface area (TPSA) is 21.3 Å². The van der Waals surface area contributed by atoms with Crippen LogP contribution in [-0.2, 0) is 0 Å². The van der Waals surface area contributed by atoms with Gasteiger partial charge in [-0.2, -0.15) is 0 Å². The van der Waals surface area contributed by atoms with Crippen LogP contribution >= 0.6 is 0 Å². The van der Waals surface area contributed by atoms with E-state index >= 15 is 0 Å². The second-order valence-corrected chi connectivity index (χ2v) is 3.55. The molecule has 1 aromatic carbocycles. The maximum atomic E-state index is 13.5. The molecular formula is C11H13F2NO. The normalized spacial score (nSPS) is 19.5. The molecule has 4 heteroatoms. The lowest BCUT2D eigenvalue weighted by molar-refractivity contribution is 0.247. The zero-order valence-corrected chi connectivity index (χ0v) is 8.52. The Kier molecular flexibility index (Phi) is 2.86. The molecule has 1 unspecified atom stereocenters. The van der Waals surface area contributed by atoms with Crippen LogP contribution in [0.1, 0.15) is 24.9 Å². The quantitative estimate of drug-likeness (QED) is 0.814. The van der Waals surface area contributed by atoms with Crippen LogP contribution in [0.5, 0.6) is 5.75 Å². The van der Waals surface area contributed by atoms with Crippen molar-refractivity contribution in [1.29, 1.82) is 0 Å². The minimum atomic E-state index is -0.594. The van der Waals surface area contributed by atoms with Crippen LogP contribution in [0.25, 0.3) is 0 Å². The lowest BCUT2D eigenvalue weighted by Gasteiger charge is -2.26. The molecule has 1 aliphatic rings. The first-order valence-corrected chi connectivity index (χ1v) is 5.07. The summed E-state index contributed by atoms with van der Waals surface area (Å²) in [5.41, 5.74) is 0.449. The SMILES string of the molecule is CCNC1CCOc2cc(F)cc(F)c21. The molecule has 82 valence electrons. The minimum Gasteiger partial charge on any atom is -0.493 e. The van der Waals surface area contributed by atoms with Gasteiger partial charge < -0.3 is 10.1 Å². The van der Waals surface area contributed by atoms with Crippen LogP contribution in [0.3, 0.4) is 0 Å². The third-order valence-corrected chi connectivity index (χ3v) is 2.52. The maximum absolute atomic E-state index is 13.5. The lowest BCUT2D eigenvalue weighted by atomic mass is 10.00. The summed E-state index contributed by atoms with van der Waals surface area (Å²) in [5, 5.41) is 3.16. The van der Waals surface area contributed by atoms with Crippen molar-refractivity contribution < 1.29 is 13.5 Å². The fourth-order valence-electron chi connectivity index (χ4n) is 1.90. The first kappa shape index (κ1) is 10.4. The highest BCUT2D eigenvalue weighted by Crippen LogP contribution is 2.34. The van der Waals surface area contributed by atoms with Crippen LogP contribution in [0.2, 0.25) is 0 Å². The summed E-state index contributed by atoms with van der Waals surface area (Å²) in [4.78, 5) is 0. The predicted molar refractivity (Wildman–Crippen MR) is 52.9 cm³/mol. The van der Waals surface area contributed by atoms with E-state index in [0.29, 0.717) is 24.3 Å². The molecule has 0 spiro atoms. The number of rotatable bonds is 2. The van der Waals surface area contributed by atoms with E-state index in [2.05, 4.69) is 5.32 Å². The molecule has 0 aliphatic carbocycles. The van der Waals surface area contributed by atoms with Crippen molar-refractivity contribution in [3.05, 3.63) is 29.3 Å². The Morgan fingerprint density at radius 3 is 3.00 bits per heavy atom. The molecule has 0 radical (unpaired) electrons. The Hall–Kier alpha value is -1.16. The molecular weight excluding hydrogens is 200 g/mol. The van der Waals surface area contributed by atoms with E-state index in [9.17, 15) is 8.78 Å². The number of nitrogens with one attached hydrogen (secondary N) is 1. The van der Waals surface area contributed by atoms with Crippen molar-refractivity contribution in [3.8, 4) is 5.75 Å². The molecule has 0 amide bonds. The van der Waals surface area contributed by atoms with Crippen molar-refractivity contribution in [2.24, 2.45) is 0 Å². The molecule has 1 N–H and O–H groups in total. The summed E-state index contributed by atoms with van der Waals surface area (Å²) in [6, 6.07) is 2.07. The monoisotopic (exact) mass is 213 g/mol. The van der Waals surface area contributed by atoms with Gasteiger partial charge in [-0.05, 0) is 6.54 Å². The van der Waals surface area contributed by atoms with Crippen molar-refractivity contribution in [2.45, 2.75) is 19.4 Å². The van der Waals surface area contributed by atoms with Gasteiger partial charge in [0.2, 0.25) is 0 Å². The third kappa shape index (κ3) is 1.95. The second-order valence-electron chi connectivity index (χ2n) is 3.55. The molecule has 0 bridgehead atoms. The van der Waals surface area contributed by atoms with E-state index < -0.39 is 11.6 Å². The smallest absolute Gasteiger partial charge is 0.134 e. The summed E-state index contributed by atoms with van der Waals surface area (Å²) in [5.74, 6) is -0.802.